The van der Waals surface area contributed by atoms with Crippen molar-refractivity contribution in [3.05, 3.63) is 41.7 Å². The van der Waals surface area contributed by atoms with Gasteiger partial charge in [-0.05, 0) is 30.5 Å². The largest absolute Gasteiger partial charge is 0.462 e. The zero-order valence-corrected chi connectivity index (χ0v) is 9.93. The molecular weight excluding hydrogens is 216 g/mol. The Kier molecular flexibility index (Phi) is 2.95. The Balaban J connectivity index is 2.52. The molecule has 2 aromatic rings. The molecule has 0 bridgehead atoms. The van der Waals surface area contributed by atoms with E-state index in [1.54, 1.807) is 23.9 Å². The third-order valence-corrected chi connectivity index (χ3v) is 2.75. The van der Waals surface area contributed by atoms with Gasteiger partial charge in [0.2, 0.25) is 5.69 Å². The van der Waals surface area contributed by atoms with Gasteiger partial charge in [0.15, 0.2) is 6.20 Å². The van der Waals surface area contributed by atoms with Crippen LogP contribution in [0.2, 0.25) is 0 Å². The summed E-state index contributed by atoms with van der Waals surface area (Å²) in [6.45, 7) is 4.11. The Morgan fingerprint density at radius 2 is 2.18 bits per heavy atom. The van der Waals surface area contributed by atoms with Gasteiger partial charge in [0.25, 0.3) is 0 Å². The second-order valence-electron chi connectivity index (χ2n) is 3.83. The van der Waals surface area contributed by atoms with Crippen LogP contribution in [-0.4, -0.2) is 12.6 Å². The molecule has 2 N–H and O–H groups in total. The molecule has 0 aliphatic carbocycles. The van der Waals surface area contributed by atoms with Crippen molar-refractivity contribution >= 4 is 16.7 Å². The summed E-state index contributed by atoms with van der Waals surface area (Å²) >= 11 is 0. The van der Waals surface area contributed by atoms with E-state index >= 15 is 0 Å². The maximum Gasteiger partial charge on any atom is 0.338 e. The average Bonchev–Trinajstić information content (AvgIpc) is 2.34. The molecular formula is C13H15N2O2+. The van der Waals surface area contributed by atoms with Crippen LogP contribution in [0.4, 0.5) is 0 Å². The fourth-order valence-electron chi connectivity index (χ4n) is 1.78. The number of carbonyl (C=O) groups is 1. The summed E-state index contributed by atoms with van der Waals surface area (Å²) < 4.78 is 6.52. The molecule has 0 saturated carbocycles. The Morgan fingerprint density at radius 1 is 1.41 bits per heavy atom. The van der Waals surface area contributed by atoms with Crippen molar-refractivity contribution in [3.8, 4) is 0 Å². The summed E-state index contributed by atoms with van der Waals surface area (Å²) in [5.41, 5.74) is 1.52. The summed E-state index contributed by atoms with van der Waals surface area (Å²) in [5.74, 6) is 5.46. The molecule has 1 heterocycles. The molecule has 1 aromatic carbocycles. The summed E-state index contributed by atoms with van der Waals surface area (Å²) in [7, 11) is 0. The molecule has 0 radical (unpaired) electrons. The minimum Gasteiger partial charge on any atom is -0.462 e. The van der Waals surface area contributed by atoms with Crippen molar-refractivity contribution in [3.63, 3.8) is 0 Å². The molecule has 0 unspecified atom stereocenters. The van der Waals surface area contributed by atoms with Crippen molar-refractivity contribution in [1.29, 1.82) is 0 Å². The van der Waals surface area contributed by atoms with Crippen LogP contribution in [0.1, 0.15) is 23.0 Å². The van der Waals surface area contributed by atoms with E-state index in [0.29, 0.717) is 12.2 Å². The molecule has 0 saturated heterocycles. The maximum absolute atomic E-state index is 11.6. The van der Waals surface area contributed by atoms with Crippen LogP contribution < -0.4 is 10.5 Å². The lowest BCUT2D eigenvalue weighted by molar-refractivity contribution is -0.643. The lowest BCUT2D eigenvalue weighted by Crippen LogP contribution is -2.46. The SMILES string of the molecule is CCOC(=O)c1ccc2c(C)[n+](N)ccc2c1. The molecule has 0 aliphatic heterocycles. The minimum absolute atomic E-state index is 0.295. The molecule has 0 aliphatic rings. The van der Waals surface area contributed by atoms with E-state index < -0.39 is 0 Å². The molecule has 0 atom stereocenters. The quantitative estimate of drug-likeness (QED) is 0.482. The van der Waals surface area contributed by atoms with Crippen molar-refractivity contribution in [2.75, 3.05) is 12.4 Å². The monoisotopic (exact) mass is 231 g/mol. The number of hydrogen-bond donors (Lipinski definition) is 1. The van der Waals surface area contributed by atoms with Gasteiger partial charge in [-0.15, -0.1) is 0 Å². The normalized spacial score (nSPS) is 10.5. The number of rotatable bonds is 2. The van der Waals surface area contributed by atoms with Crippen LogP contribution in [0, 0.1) is 6.92 Å². The van der Waals surface area contributed by atoms with Gasteiger partial charge in [0, 0.05) is 13.0 Å². The van der Waals surface area contributed by atoms with Gasteiger partial charge < -0.3 is 4.74 Å². The first-order valence-electron chi connectivity index (χ1n) is 5.50. The molecule has 17 heavy (non-hydrogen) atoms. The van der Waals surface area contributed by atoms with Crippen LogP contribution in [-0.2, 0) is 4.74 Å². The smallest absolute Gasteiger partial charge is 0.338 e. The number of benzene rings is 1. The lowest BCUT2D eigenvalue weighted by Gasteiger charge is -2.04. The molecule has 0 amide bonds. The molecule has 2 rings (SSSR count). The van der Waals surface area contributed by atoms with Crippen molar-refractivity contribution in [1.82, 2.24) is 0 Å². The lowest BCUT2D eigenvalue weighted by atomic mass is 10.1. The highest BCUT2D eigenvalue weighted by Gasteiger charge is 2.11. The second kappa shape index (κ2) is 4.41. The first kappa shape index (κ1) is 11.4. The summed E-state index contributed by atoms with van der Waals surface area (Å²) in [6.07, 6.45) is 1.77. The molecule has 1 aromatic heterocycles. The molecule has 0 spiro atoms. The van der Waals surface area contributed by atoms with E-state index in [2.05, 4.69) is 0 Å². The standard InChI is InChI=1S/C13H14N2O2/c1-3-17-13(16)11-4-5-12-9(2)15(14)7-6-10(12)8-11/h4-8H,3H2,1-2H3,(H-,14,16)/p+1. The van der Waals surface area contributed by atoms with Crippen LogP contribution in [0.15, 0.2) is 30.5 Å². The van der Waals surface area contributed by atoms with Gasteiger partial charge >= 0.3 is 5.97 Å². The minimum atomic E-state index is -0.295. The number of ether oxygens (including phenoxy) is 1. The predicted molar refractivity (Wildman–Crippen MR) is 65.0 cm³/mol. The van der Waals surface area contributed by atoms with Crippen LogP contribution in [0.3, 0.4) is 0 Å². The van der Waals surface area contributed by atoms with E-state index in [9.17, 15) is 4.79 Å². The number of fused-ring (bicyclic) bond motifs is 1. The van der Waals surface area contributed by atoms with Gasteiger partial charge in [-0.3, -0.25) is 0 Å². The van der Waals surface area contributed by atoms with E-state index in [1.165, 1.54) is 0 Å². The molecule has 4 nitrogen and oxygen atoms in total. The highest BCUT2D eigenvalue weighted by atomic mass is 16.5. The first-order chi connectivity index (χ1) is 8.13. The van der Waals surface area contributed by atoms with Crippen LogP contribution >= 0.6 is 0 Å². The highest BCUT2D eigenvalue weighted by molar-refractivity contribution is 5.95. The predicted octanol–water partition coefficient (Wildman–Crippen LogP) is 1.33. The topological polar surface area (TPSA) is 56.2 Å². The molecule has 0 fully saturated rings. The third kappa shape index (κ3) is 2.06. The zero-order valence-electron chi connectivity index (χ0n) is 9.93. The fraction of sp³-hybridized carbons (Fsp3) is 0.231. The summed E-state index contributed by atoms with van der Waals surface area (Å²) in [4.78, 5) is 11.6. The summed E-state index contributed by atoms with van der Waals surface area (Å²) in [6, 6.07) is 7.35. The van der Waals surface area contributed by atoms with Crippen molar-refractivity contribution < 1.29 is 14.2 Å². The summed E-state index contributed by atoms with van der Waals surface area (Å²) in [5, 5.41) is 2.01. The van der Waals surface area contributed by atoms with Gasteiger partial charge in [-0.1, -0.05) is 4.68 Å². The van der Waals surface area contributed by atoms with E-state index in [4.69, 9.17) is 10.6 Å². The van der Waals surface area contributed by atoms with Gasteiger partial charge in [-0.25, -0.2) is 10.6 Å². The van der Waals surface area contributed by atoms with E-state index in [0.717, 1.165) is 16.5 Å². The third-order valence-electron chi connectivity index (χ3n) is 2.75. The Hall–Kier alpha value is -2.10. The Bertz CT molecular complexity index is 579. The van der Waals surface area contributed by atoms with E-state index in [-0.39, 0.29) is 5.97 Å². The highest BCUT2D eigenvalue weighted by Crippen LogP contribution is 2.17. The second-order valence-corrected chi connectivity index (χ2v) is 3.83. The van der Waals surface area contributed by atoms with Gasteiger partial charge in [0.1, 0.15) is 0 Å². The number of nitrogens with two attached hydrogens (primary N) is 1. The molecule has 88 valence electrons. The number of carbonyl (C=O) groups excluding carboxylic acids is 1. The number of nitrogens with zero attached hydrogens (tertiary/aromatic N) is 1. The number of pyridine rings is 1. The van der Waals surface area contributed by atoms with Crippen LogP contribution in [0.5, 0.6) is 0 Å². The number of aryl methyl sites for hydroxylation is 1. The van der Waals surface area contributed by atoms with Crippen molar-refractivity contribution in [2.24, 2.45) is 0 Å². The Labute approximate surface area is 99.6 Å². The number of esters is 1. The van der Waals surface area contributed by atoms with Gasteiger partial charge in [0.05, 0.1) is 17.6 Å². The van der Waals surface area contributed by atoms with Gasteiger partial charge in [-0.2, -0.15) is 0 Å². The van der Waals surface area contributed by atoms with Crippen LogP contribution in [0.25, 0.3) is 10.8 Å². The maximum atomic E-state index is 11.6. The number of hydrogen-bond acceptors (Lipinski definition) is 3. The van der Waals surface area contributed by atoms with Crippen molar-refractivity contribution in [2.45, 2.75) is 13.8 Å². The van der Waals surface area contributed by atoms with E-state index in [1.807, 2.05) is 25.1 Å². The zero-order chi connectivity index (χ0) is 12.4. The fourth-order valence-corrected chi connectivity index (χ4v) is 1.78. The number of nitrogen functional groups attached to an aromatic ring is 1. The Morgan fingerprint density at radius 3 is 2.88 bits per heavy atom. The molecule has 4 heteroatoms. The first-order valence-corrected chi connectivity index (χ1v) is 5.50. The average molecular weight is 231 g/mol. The number of aromatic nitrogens is 1.